The summed E-state index contributed by atoms with van der Waals surface area (Å²) in [5.74, 6) is 1.10. The average Bonchev–Trinajstić information content (AvgIpc) is 2.53. The van der Waals surface area contributed by atoms with Crippen LogP contribution in [-0.4, -0.2) is 45.2 Å². The van der Waals surface area contributed by atoms with Crippen LogP contribution < -0.4 is 15.2 Å². The smallest absolute Gasteiger partial charge is 0.253 e. The number of amides is 1. The Balaban J connectivity index is 3.18. The van der Waals surface area contributed by atoms with Crippen molar-refractivity contribution < 1.29 is 14.3 Å². The van der Waals surface area contributed by atoms with E-state index in [9.17, 15) is 4.79 Å². The summed E-state index contributed by atoms with van der Waals surface area (Å²) in [6.45, 7) is 8.91. The van der Waals surface area contributed by atoms with Crippen LogP contribution in [0.2, 0.25) is 0 Å². The molecular weight excluding hydrogens is 292 g/mol. The molecule has 0 unspecified atom stereocenters. The lowest BCUT2D eigenvalue weighted by Crippen LogP contribution is -2.39. The normalized spacial score (nSPS) is 11.0. The SMILES string of the molecule is C=CCc1cc(C(=O)N(C)CC(C)(C)CN)cc(OC)c1OC. The van der Waals surface area contributed by atoms with Gasteiger partial charge in [-0.15, -0.1) is 6.58 Å². The van der Waals surface area contributed by atoms with Crippen LogP contribution in [0.15, 0.2) is 24.8 Å². The Morgan fingerprint density at radius 2 is 2.00 bits per heavy atom. The largest absolute Gasteiger partial charge is 0.493 e. The van der Waals surface area contributed by atoms with E-state index in [-0.39, 0.29) is 11.3 Å². The van der Waals surface area contributed by atoms with Crippen LogP contribution >= 0.6 is 0 Å². The second-order valence-electron chi connectivity index (χ2n) is 6.39. The van der Waals surface area contributed by atoms with Gasteiger partial charge in [0, 0.05) is 24.7 Å². The highest BCUT2D eigenvalue weighted by atomic mass is 16.5. The van der Waals surface area contributed by atoms with Crippen LogP contribution in [0.4, 0.5) is 0 Å². The summed E-state index contributed by atoms with van der Waals surface area (Å²) in [7, 11) is 4.93. The van der Waals surface area contributed by atoms with Gasteiger partial charge in [0.25, 0.3) is 5.91 Å². The number of carbonyl (C=O) groups excluding carboxylic acids is 1. The Hall–Kier alpha value is -2.01. The van der Waals surface area contributed by atoms with Crippen molar-refractivity contribution in [2.24, 2.45) is 11.1 Å². The molecule has 1 amide bonds. The fourth-order valence-electron chi connectivity index (χ4n) is 2.47. The van der Waals surface area contributed by atoms with Gasteiger partial charge in [-0.2, -0.15) is 0 Å². The average molecular weight is 320 g/mol. The topological polar surface area (TPSA) is 64.8 Å². The minimum absolute atomic E-state index is 0.0715. The fraction of sp³-hybridized carbons (Fsp3) is 0.500. The Kier molecular flexibility index (Phi) is 6.63. The number of allylic oxidation sites excluding steroid dienone is 1. The highest BCUT2D eigenvalue weighted by molar-refractivity contribution is 5.95. The maximum atomic E-state index is 12.7. The number of hydrogen-bond donors (Lipinski definition) is 1. The van der Waals surface area contributed by atoms with Crippen molar-refractivity contribution in [3.63, 3.8) is 0 Å². The first-order valence-corrected chi connectivity index (χ1v) is 7.61. The third-order valence-corrected chi connectivity index (χ3v) is 3.73. The maximum absolute atomic E-state index is 12.7. The summed E-state index contributed by atoms with van der Waals surface area (Å²) in [6.07, 6.45) is 2.37. The van der Waals surface area contributed by atoms with Crippen LogP contribution in [0.3, 0.4) is 0 Å². The van der Waals surface area contributed by atoms with Gasteiger partial charge in [-0.05, 0) is 30.5 Å². The lowest BCUT2D eigenvalue weighted by Gasteiger charge is -2.29. The van der Waals surface area contributed by atoms with Crippen molar-refractivity contribution in [1.29, 1.82) is 0 Å². The Labute approximate surface area is 139 Å². The molecule has 2 N–H and O–H groups in total. The number of methoxy groups -OCH3 is 2. The van der Waals surface area contributed by atoms with Crippen LogP contribution in [0, 0.1) is 5.41 Å². The van der Waals surface area contributed by atoms with Crippen molar-refractivity contribution in [2.45, 2.75) is 20.3 Å². The van der Waals surface area contributed by atoms with Gasteiger partial charge in [-0.1, -0.05) is 19.9 Å². The van der Waals surface area contributed by atoms with E-state index in [2.05, 4.69) is 6.58 Å². The van der Waals surface area contributed by atoms with Crippen LogP contribution in [0.25, 0.3) is 0 Å². The number of nitrogens with two attached hydrogens (primary N) is 1. The first kappa shape index (κ1) is 19.0. The molecule has 0 aliphatic rings. The predicted octanol–water partition coefficient (Wildman–Crippen LogP) is 2.49. The molecule has 0 saturated carbocycles. The summed E-state index contributed by atoms with van der Waals surface area (Å²) in [5, 5.41) is 0. The number of hydrogen-bond acceptors (Lipinski definition) is 4. The molecule has 1 rings (SSSR count). The summed E-state index contributed by atoms with van der Waals surface area (Å²) in [5.41, 5.74) is 7.06. The molecule has 23 heavy (non-hydrogen) atoms. The van der Waals surface area contributed by atoms with Gasteiger partial charge in [0.1, 0.15) is 0 Å². The summed E-state index contributed by atoms with van der Waals surface area (Å²) in [4.78, 5) is 14.4. The molecule has 0 heterocycles. The summed E-state index contributed by atoms with van der Waals surface area (Å²) >= 11 is 0. The molecule has 0 radical (unpaired) electrons. The minimum atomic E-state index is -0.134. The van der Waals surface area contributed by atoms with E-state index in [1.165, 1.54) is 0 Å². The lowest BCUT2D eigenvalue weighted by atomic mass is 9.93. The van der Waals surface area contributed by atoms with Gasteiger partial charge in [0.2, 0.25) is 0 Å². The predicted molar refractivity (Wildman–Crippen MR) is 93.2 cm³/mol. The molecule has 5 heteroatoms. The zero-order valence-electron chi connectivity index (χ0n) is 14.8. The maximum Gasteiger partial charge on any atom is 0.253 e. The molecule has 0 aliphatic heterocycles. The second kappa shape index (κ2) is 8.02. The molecule has 128 valence electrons. The highest BCUT2D eigenvalue weighted by Crippen LogP contribution is 2.33. The number of rotatable bonds is 8. The lowest BCUT2D eigenvalue weighted by molar-refractivity contribution is 0.0740. The third-order valence-electron chi connectivity index (χ3n) is 3.73. The van der Waals surface area contributed by atoms with Gasteiger partial charge in [-0.3, -0.25) is 4.79 Å². The van der Waals surface area contributed by atoms with Gasteiger partial charge in [0.05, 0.1) is 14.2 Å². The zero-order chi connectivity index (χ0) is 17.6. The van der Waals surface area contributed by atoms with Gasteiger partial charge < -0.3 is 20.1 Å². The number of nitrogens with zero attached hydrogens (tertiary/aromatic N) is 1. The van der Waals surface area contributed by atoms with Crippen LogP contribution in [0.1, 0.15) is 29.8 Å². The number of ether oxygens (including phenoxy) is 2. The van der Waals surface area contributed by atoms with E-state index in [4.69, 9.17) is 15.2 Å². The van der Waals surface area contributed by atoms with Crippen LogP contribution in [0.5, 0.6) is 11.5 Å². The molecule has 0 fully saturated rings. The molecular formula is C18H28N2O3. The third kappa shape index (κ3) is 4.73. The van der Waals surface area contributed by atoms with Crippen molar-refractivity contribution in [3.8, 4) is 11.5 Å². The molecule has 1 aromatic rings. The Morgan fingerprint density at radius 1 is 1.35 bits per heavy atom. The molecule has 0 aromatic heterocycles. The quantitative estimate of drug-likeness (QED) is 0.747. The molecule has 0 bridgehead atoms. The van der Waals surface area contributed by atoms with Crippen molar-refractivity contribution in [1.82, 2.24) is 4.90 Å². The molecule has 0 atom stereocenters. The Morgan fingerprint density at radius 3 is 2.48 bits per heavy atom. The standard InChI is InChI=1S/C18H28N2O3/c1-7-8-13-9-14(10-15(22-5)16(13)23-6)17(21)20(4)12-18(2,3)11-19/h7,9-10H,1,8,11-12,19H2,2-6H3. The zero-order valence-corrected chi connectivity index (χ0v) is 14.8. The van der Waals surface area contributed by atoms with Gasteiger partial charge in [-0.25, -0.2) is 0 Å². The van der Waals surface area contributed by atoms with Crippen molar-refractivity contribution in [2.75, 3.05) is 34.4 Å². The van der Waals surface area contributed by atoms with Crippen molar-refractivity contribution in [3.05, 3.63) is 35.9 Å². The van der Waals surface area contributed by atoms with E-state index in [1.807, 2.05) is 19.9 Å². The molecule has 0 spiro atoms. The molecule has 1 aromatic carbocycles. The summed E-state index contributed by atoms with van der Waals surface area (Å²) in [6, 6.07) is 3.54. The van der Waals surface area contributed by atoms with E-state index in [0.717, 1.165) is 5.56 Å². The van der Waals surface area contributed by atoms with E-state index < -0.39 is 0 Å². The fourth-order valence-corrected chi connectivity index (χ4v) is 2.47. The molecule has 0 aliphatic carbocycles. The second-order valence-corrected chi connectivity index (χ2v) is 6.39. The highest BCUT2D eigenvalue weighted by Gasteiger charge is 2.23. The Bertz CT molecular complexity index is 568. The first-order valence-electron chi connectivity index (χ1n) is 7.61. The number of benzene rings is 1. The minimum Gasteiger partial charge on any atom is -0.493 e. The summed E-state index contributed by atoms with van der Waals surface area (Å²) < 4.78 is 10.8. The van der Waals surface area contributed by atoms with Crippen molar-refractivity contribution >= 4 is 5.91 Å². The molecule has 0 saturated heterocycles. The number of carbonyl (C=O) groups is 1. The monoisotopic (exact) mass is 320 g/mol. The van der Waals surface area contributed by atoms with Crippen LogP contribution in [-0.2, 0) is 6.42 Å². The van der Waals surface area contributed by atoms with Gasteiger partial charge in [0.15, 0.2) is 11.5 Å². The molecule has 5 nitrogen and oxygen atoms in total. The van der Waals surface area contributed by atoms with Gasteiger partial charge >= 0.3 is 0 Å². The van der Waals surface area contributed by atoms with E-state index in [1.54, 1.807) is 38.3 Å². The first-order chi connectivity index (χ1) is 10.8. The van der Waals surface area contributed by atoms with E-state index in [0.29, 0.717) is 36.6 Å². The van der Waals surface area contributed by atoms with E-state index >= 15 is 0 Å².